The number of urea groups is 1. The lowest BCUT2D eigenvalue weighted by Gasteiger charge is -2.26. The lowest BCUT2D eigenvalue weighted by atomic mass is 9.93. The summed E-state index contributed by atoms with van der Waals surface area (Å²) in [6.45, 7) is 0. The van der Waals surface area contributed by atoms with Crippen molar-refractivity contribution in [3.63, 3.8) is 0 Å². The molecule has 88 valence electrons. The Bertz CT molecular complexity index is 545. The lowest BCUT2D eigenvalue weighted by Crippen LogP contribution is -2.41. The summed E-state index contributed by atoms with van der Waals surface area (Å²) < 4.78 is 1.25. The monoisotopic (exact) mass is 246 g/mol. The third-order valence-electron chi connectivity index (χ3n) is 3.15. The molecule has 2 N–H and O–H groups in total. The molecule has 0 atom stereocenters. The summed E-state index contributed by atoms with van der Waals surface area (Å²) in [7, 11) is 0. The second-order valence-electron chi connectivity index (χ2n) is 4.40. The zero-order valence-electron chi connectivity index (χ0n) is 9.40. The zero-order chi connectivity index (χ0) is 11.7. The molecule has 0 bridgehead atoms. The van der Waals surface area contributed by atoms with E-state index in [1.807, 2.05) is 18.2 Å². The molecular weight excluding hydrogens is 232 g/mol. The molecule has 0 saturated heterocycles. The number of rotatable bonds is 2. The molecule has 1 heterocycles. The lowest BCUT2D eigenvalue weighted by molar-refractivity contribution is 0.240. The molecule has 1 aliphatic carbocycles. The van der Waals surface area contributed by atoms with Gasteiger partial charge < -0.3 is 10.6 Å². The fourth-order valence-corrected chi connectivity index (χ4v) is 2.72. The minimum Gasteiger partial charge on any atom is -0.335 e. The summed E-state index contributed by atoms with van der Waals surface area (Å²) in [6.07, 6.45) is 3.44. The zero-order valence-corrected chi connectivity index (χ0v) is 10.2. The number of amides is 2. The molecule has 1 aromatic carbocycles. The van der Waals surface area contributed by atoms with E-state index in [9.17, 15) is 4.79 Å². The summed E-state index contributed by atoms with van der Waals surface area (Å²) >= 11 is 1.71. The normalized spacial score (nSPS) is 15.5. The van der Waals surface area contributed by atoms with Gasteiger partial charge in [0.05, 0.1) is 0 Å². The molecular formula is C13H14N2OS. The molecule has 4 heteroatoms. The number of benzene rings is 1. The van der Waals surface area contributed by atoms with Gasteiger partial charge in [0.1, 0.15) is 0 Å². The Labute approximate surface area is 104 Å². The van der Waals surface area contributed by atoms with E-state index in [4.69, 9.17) is 0 Å². The van der Waals surface area contributed by atoms with Crippen molar-refractivity contribution in [2.45, 2.75) is 25.3 Å². The van der Waals surface area contributed by atoms with Crippen LogP contribution < -0.4 is 10.6 Å². The van der Waals surface area contributed by atoms with Crippen LogP contribution in [0.2, 0.25) is 0 Å². The van der Waals surface area contributed by atoms with Crippen LogP contribution in [0.3, 0.4) is 0 Å². The molecule has 17 heavy (non-hydrogen) atoms. The van der Waals surface area contributed by atoms with Crippen LogP contribution in [-0.2, 0) is 0 Å². The molecule has 1 saturated carbocycles. The Morgan fingerprint density at radius 2 is 2.18 bits per heavy atom. The van der Waals surface area contributed by atoms with Crippen LogP contribution in [0, 0.1) is 0 Å². The molecule has 1 aromatic heterocycles. The number of thiophene rings is 1. The molecule has 3 rings (SSSR count). The van der Waals surface area contributed by atoms with Crippen molar-refractivity contribution in [1.29, 1.82) is 0 Å². The number of fused-ring (bicyclic) bond motifs is 1. The van der Waals surface area contributed by atoms with Crippen molar-refractivity contribution >= 4 is 33.1 Å². The first-order valence-corrected chi connectivity index (χ1v) is 6.74. The van der Waals surface area contributed by atoms with Crippen LogP contribution in [0.25, 0.3) is 10.1 Å². The van der Waals surface area contributed by atoms with Crippen molar-refractivity contribution in [3.8, 4) is 0 Å². The van der Waals surface area contributed by atoms with Gasteiger partial charge in [-0.2, -0.15) is 0 Å². The van der Waals surface area contributed by atoms with E-state index in [-0.39, 0.29) is 6.03 Å². The maximum absolute atomic E-state index is 11.7. The van der Waals surface area contributed by atoms with Gasteiger partial charge in [-0.05, 0) is 54.3 Å². The Balaban J connectivity index is 1.68. The van der Waals surface area contributed by atoms with Crippen molar-refractivity contribution in [2.24, 2.45) is 0 Å². The third-order valence-corrected chi connectivity index (χ3v) is 4.05. The van der Waals surface area contributed by atoms with Crippen LogP contribution >= 0.6 is 11.3 Å². The van der Waals surface area contributed by atoms with E-state index in [1.165, 1.54) is 16.5 Å². The standard InChI is InChI=1S/C13H14N2OS/c16-13(14-10-2-1-3-10)15-11-4-5-12-9(8-11)6-7-17-12/h4-8,10H,1-3H2,(H2,14,15,16). The molecule has 1 fully saturated rings. The second-order valence-corrected chi connectivity index (χ2v) is 5.35. The van der Waals surface area contributed by atoms with Gasteiger partial charge in [-0.1, -0.05) is 0 Å². The first-order valence-electron chi connectivity index (χ1n) is 5.86. The van der Waals surface area contributed by atoms with Gasteiger partial charge in [0, 0.05) is 16.4 Å². The summed E-state index contributed by atoms with van der Waals surface area (Å²) in [4.78, 5) is 11.7. The maximum atomic E-state index is 11.7. The van der Waals surface area contributed by atoms with E-state index in [0.29, 0.717) is 6.04 Å². The smallest absolute Gasteiger partial charge is 0.319 e. The molecule has 0 radical (unpaired) electrons. The van der Waals surface area contributed by atoms with E-state index in [1.54, 1.807) is 11.3 Å². The first-order chi connectivity index (χ1) is 8.31. The average Bonchev–Trinajstić information content (AvgIpc) is 2.71. The van der Waals surface area contributed by atoms with Crippen LogP contribution in [0.1, 0.15) is 19.3 Å². The van der Waals surface area contributed by atoms with Crippen LogP contribution in [0.5, 0.6) is 0 Å². The predicted octanol–water partition coefficient (Wildman–Crippen LogP) is 3.58. The van der Waals surface area contributed by atoms with Crippen molar-refractivity contribution in [3.05, 3.63) is 29.6 Å². The van der Waals surface area contributed by atoms with E-state index in [2.05, 4.69) is 22.1 Å². The molecule has 0 unspecified atom stereocenters. The van der Waals surface area contributed by atoms with Gasteiger partial charge >= 0.3 is 6.03 Å². The Hall–Kier alpha value is -1.55. The minimum absolute atomic E-state index is 0.0933. The molecule has 3 nitrogen and oxygen atoms in total. The van der Waals surface area contributed by atoms with Crippen molar-refractivity contribution in [1.82, 2.24) is 5.32 Å². The Morgan fingerprint density at radius 1 is 1.29 bits per heavy atom. The highest BCUT2D eigenvalue weighted by Gasteiger charge is 2.19. The number of carbonyl (C=O) groups excluding carboxylic acids is 1. The SMILES string of the molecule is O=C(Nc1ccc2sccc2c1)NC1CCC1. The topological polar surface area (TPSA) is 41.1 Å². The van der Waals surface area contributed by atoms with Gasteiger partial charge in [0.2, 0.25) is 0 Å². The fraction of sp³-hybridized carbons (Fsp3) is 0.308. The van der Waals surface area contributed by atoms with Gasteiger partial charge in [-0.3, -0.25) is 0 Å². The van der Waals surface area contributed by atoms with E-state index in [0.717, 1.165) is 18.5 Å². The fourth-order valence-electron chi connectivity index (χ4n) is 1.95. The van der Waals surface area contributed by atoms with Gasteiger partial charge in [-0.25, -0.2) is 4.79 Å². The van der Waals surface area contributed by atoms with Crippen LogP contribution in [-0.4, -0.2) is 12.1 Å². The Morgan fingerprint density at radius 3 is 2.94 bits per heavy atom. The highest BCUT2D eigenvalue weighted by molar-refractivity contribution is 7.17. The van der Waals surface area contributed by atoms with E-state index < -0.39 is 0 Å². The summed E-state index contributed by atoms with van der Waals surface area (Å²) in [5.74, 6) is 0. The van der Waals surface area contributed by atoms with Crippen LogP contribution in [0.15, 0.2) is 29.6 Å². The van der Waals surface area contributed by atoms with Crippen molar-refractivity contribution in [2.75, 3.05) is 5.32 Å². The predicted molar refractivity (Wildman–Crippen MR) is 71.6 cm³/mol. The number of hydrogen-bond donors (Lipinski definition) is 2. The van der Waals surface area contributed by atoms with Crippen molar-refractivity contribution < 1.29 is 4.79 Å². The Kier molecular flexibility index (Phi) is 2.73. The highest BCUT2D eigenvalue weighted by Crippen LogP contribution is 2.24. The summed E-state index contributed by atoms with van der Waals surface area (Å²) in [5, 5.41) is 9.07. The maximum Gasteiger partial charge on any atom is 0.319 e. The number of anilines is 1. The van der Waals surface area contributed by atoms with Gasteiger partial charge in [0.25, 0.3) is 0 Å². The highest BCUT2D eigenvalue weighted by atomic mass is 32.1. The minimum atomic E-state index is -0.0933. The molecule has 1 aliphatic rings. The summed E-state index contributed by atoms with van der Waals surface area (Å²) in [5.41, 5.74) is 0.854. The quantitative estimate of drug-likeness (QED) is 0.835. The third kappa shape index (κ3) is 2.26. The molecule has 0 spiro atoms. The van der Waals surface area contributed by atoms with Crippen LogP contribution in [0.4, 0.5) is 10.5 Å². The van der Waals surface area contributed by atoms with E-state index >= 15 is 0 Å². The molecule has 2 amide bonds. The second kappa shape index (κ2) is 4.37. The van der Waals surface area contributed by atoms with Gasteiger partial charge in [0.15, 0.2) is 0 Å². The summed E-state index contributed by atoms with van der Waals surface area (Å²) in [6, 6.07) is 8.34. The molecule has 2 aromatic rings. The largest absolute Gasteiger partial charge is 0.335 e. The number of nitrogens with one attached hydrogen (secondary N) is 2. The average molecular weight is 246 g/mol. The molecule has 0 aliphatic heterocycles. The first kappa shape index (κ1) is 10.6. The number of hydrogen-bond acceptors (Lipinski definition) is 2. The number of carbonyl (C=O) groups is 1. The van der Waals surface area contributed by atoms with Gasteiger partial charge in [-0.15, -0.1) is 11.3 Å².